The smallest absolute Gasteiger partial charge is 0.191 e. The van der Waals surface area contributed by atoms with E-state index < -0.39 is 0 Å². The van der Waals surface area contributed by atoms with E-state index in [0.29, 0.717) is 12.5 Å². The second-order valence-corrected chi connectivity index (χ2v) is 5.03. The van der Waals surface area contributed by atoms with Crippen molar-refractivity contribution in [3.05, 3.63) is 18.0 Å². The third kappa shape index (κ3) is 7.78. The predicted octanol–water partition coefficient (Wildman–Crippen LogP) is 1.53. The van der Waals surface area contributed by atoms with E-state index in [1.165, 1.54) is 0 Å². The highest BCUT2D eigenvalue weighted by Gasteiger charge is 1.98. The summed E-state index contributed by atoms with van der Waals surface area (Å²) in [5.74, 6) is 1.42. The Bertz CT molecular complexity index is 362. The Labute approximate surface area is 121 Å². The van der Waals surface area contributed by atoms with Gasteiger partial charge in [0.1, 0.15) is 0 Å². The summed E-state index contributed by atoms with van der Waals surface area (Å²) in [4.78, 5) is 4.48. The minimum atomic E-state index is 0.594. The van der Waals surface area contributed by atoms with Crippen molar-refractivity contribution in [3.8, 4) is 0 Å². The normalized spacial score (nSPS) is 11.9. The molecule has 0 aliphatic carbocycles. The van der Waals surface area contributed by atoms with Gasteiger partial charge < -0.3 is 15.4 Å². The highest BCUT2D eigenvalue weighted by atomic mass is 16.5. The van der Waals surface area contributed by atoms with Crippen LogP contribution in [-0.2, 0) is 11.3 Å². The maximum absolute atomic E-state index is 5.54. The molecule has 0 amide bonds. The van der Waals surface area contributed by atoms with Crippen LogP contribution in [0, 0.1) is 5.92 Å². The molecule has 114 valence electrons. The van der Waals surface area contributed by atoms with Crippen LogP contribution in [0.3, 0.4) is 0 Å². The van der Waals surface area contributed by atoms with Crippen LogP contribution < -0.4 is 10.6 Å². The number of aromatic amines is 1. The molecule has 1 rings (SSSR count). The zero-order valence-electron chi connectivity index (χ0n) is 12.8. The molecule has 0 unspecified atom stereocenters. The number of nitrogens with one attached hydrogen (secondary N) is 3. The van der Waals surface area contributed by atoms with Gasteiger partial charge in [-0.1, -0.05) is 13.8 Å². The molecule has 0 atom stereocenters. The van der Waals surface area contributed by atoms with Gasteiger partial charge in [-0.3, -0.25) is 5.10 Å². The topological polar surface area (TPSA) is 74.3 Å². The molecular formula is C14H27N5O. The van der Waals surface area contributed by atoms with Gasteiger partial charge in [0.25, 0.3) is 0 Å². The molecule has 3 N–H and O–H groups in total. The SMILES string of the molecule is CCNC(=NCc1ccn[nH]1)NCCCOCC(C)C. The molecule has 0 bridgehead atoms. The monoisotopic (exact) mass is 281 g/mol. The maximum Gasteiger partial charge on any atom is 0.191 e. The zero-order valence-corrected chi connectivity index (χ0v) is 12.8. The molecule has 0 aliphatic heterocycles. The Kier molecular flexibility index (Phi) is 8.46. The molecule has 0 aliphatic rings. The van der Waals surface area contributed by atoms with Gasteiger partial charge in [-0.2, -0.15) is 5.10 Å². The maximum atomic E-state index is 5.54. The van der Waals surface area contributed by atoms with E-state index >= 15 is 0 Å². The zero-order chi connectivity index (χ0) is 14.6. The van der Waals surface area contributed by atoms with Crippen molar-refractivity contribution in [2.24, 2.45) is 10.9 Å². The number of aromatic nitrogens is 2. The first-order chi connectivity index (χ1) is 9.72. The fourth-order valence-electron chi connectivity index (χ4n) is 1.58. The van der Waals surface area contributed by atoms with E-state index in [2.05, 4.69) is 46.6 Å². The van der Waals surface area contributed by atoms with Gasteiger partial charge in [-0.25, -0.2) is 4.99 Å². The van der Waals surface area contributed by atoms with Crippen molar-refractivity contribution in [2.75, 3.05) is 26.3 Å². The first-order valence-corrected chi connectivity index (χ1v) is 7.30. The van der Waals surface area contributed by atoms with Crippen LogP contribution in [0.15, 0.2) is 17.3 Å². The van der Waals surface area contributed by atoms with Gasteiger partial charge >= 0.3 is 0 Å². The average Bonchev–Trinajstić information content (AvgIpc) is 2.92. The summed E-state index contributed by atoms with van der Waals surface area (Å²) in [6.07, 6.45) is 2.71. The van der Waals surface area contributed by atoms with E-state index in [9.17, 15) is 0 Å². The number of ether oxygens (including phenoxy) is 1. The summed E-state index contributed by atoms with van der Waals surface area (Å²) >= 11 is 0. The lowest BCUT2D eigenvalue weighted by atomic mass is 10.2. The van der Waals surface area contributed by atoms with E-state index in [0.717, 1.165) is 44.4 Å². The lowest BCUT2D eigenvalue weighted by molar-refractivity contribution is 0.108. The van der Waals surface area contributed by atoms with E-state index in [1.807, 2.05) is 6.07 Å². The van der Waals surface area contributed by atoms with Crippen LogP contribution in [0.1, 0.15) is 32.9 Å². The van der Waals surface area contributed by atoms with Crippen molar-refractivity contribution in [3.63, 3.8) is 0 Å². The summed E-state index contributed by atoms with van der Waals surface area (Å²) < 4.78 is 5.54. The molecular weight excluding hydrogens is 254 g/mol. The van der Waals surface area contributed by atoms with Gasteiger partial charge in [-0.15, -0.1) is 0 Å². The van der Waals surface area contributed by atoms with Crippen LogP contribution in [0.25, 0.3) is 0 Å². The van der Waals surface area contributed by atoms with Crippen LogP contribution in [0.5, 0.6) is 0 Å². The molecule has 20 heavy (non-hydrogen) atoms. The van der Waals surface area contributed by atoms with Crippen molar-refractivity contribution >= 4 is 5.96 Å². The van der Waals surface area contributed by atoms with Gasteiger partial charge in [0.05, 0.1) is 12.2 Å². The van der Waals surface area contributed by atoms with Gasteiger partial charge in [0.2, 0.25) is 0 Å². The molecule has 0 radical (unpaired) electrons. The lowest BCUT2D eigenvalue weighted by Crippen LogP contribution is -2.38. The van der Waals surface area contributed by atoms with E-state index in [1.54, 1.807) is 6.20 Å². The number of rotatable bonds is 9. The first kappa shape index (κ1) is 16.5. The van der Waals surface area contributed by atoms with E-state index in [-0.39, 0.29) is 0 Å². The Morgan fingerprint density at radius 3 is 2.95 bits per heavy atom. The van der Waals surface area contributed by atoms with Crippen molar-refractivity contribution in [1.82, 2.24) is 20.8 Å². The molecule has 0 saturated heterocycles. The van der Waals surface area contributed by atoms with Crippen molar-refractivity contribution < 1.29 is 4.74 Å². The first-order valence-electron chi connectivity index (χ1n) is 7.30. The minimum absolute atomic E-state index is 0.594. The quantitative estimate of drug-likeness (QED) is 0.364. The fourth-order valence-corrected chi connectivity index (χ4v) is 1.58. The average molecular weight is 281 g/mol. The second-order valence-electron chi connectivity index (χ2n) is 5.03. The summed E-state index contributed by atoms with van der Waals surface area (Å²) in [6, 6.07) is 1.92. The largest absolute Gasteiger partial charge is 0.381 e. The number of guanidine groups is 1. The van der Waals surface area contributed by atoms with E-state index in [4.69, 9.17) is 4.74 Å². The Morgan fingerprint density at radius 1 is 1.45 bits per heavy atom. The molecule has 0 saturated carbocycles. The van der Waals surface area contributed by atoms with Crippen LogP contribution >= 0.6 is 0 Å². The molecule has 0 aromatic carbocycles. The molecule has 1 aromatic rings. The molecule has 0 spiro atoms. The predicted molar refractivity (Wildman–Crippen MR) is 81.7 cm³/mol. The lowest BCUT2D eigenvalue weighted by Gasteiger charge is -2.11. The summed E-state index contributed by atoms with van der Waals surface area (Å²) in [5, 5.41) is 13.3. The number of hydrogen-bond acceptors (Lipinski definition) is 3. The van der Waals surface area contributed by atoms with Crippen molar-refractivity contribution in [1.29, 1.82) is 0 Å². The van der Waals surface area contributed by atoms with Crippen LogP contribution in [0.2, 0.25) is 0 Å². The van der Waals surface area contributed by atoms with Gasteiger partial charge in [0.15, 0.2) is 5.96 Å². The second kappa shape index (κ2) is 10.3. The standard InChI is InChI=1S/C14H27N5O/c1-4-15-14(17-10-13-6-8-18-19-13)16-7-5-9-20-11-12(2)3/h6,8,12H,4-5,7,9-11H2,1-3H3,(H,18,19)(H2,15,16,17). The summed E-state index contributed by atoms with van der Waals surface area (Å²) in [5.41, 5.74) is 1.00. The summed E-state index contributed by atoms with van der Waals surface area (Å²) in [6.45, 7) is 10.3. The number of H-pyrrole nitrogens is 1. The Hall–Kier alpha value is -1.56. The minimum Gasteiger partial charge on any atom is -0.381 e. The highest BCUT2D eigenvalue weighted by Crippen LogP contribution is 1.94. The fraction of sp³-hybridized carbons (Fsp3) is 0.714. The Morgan fingerprint density at radius 2 is 2.30 bits per heavy atom. The Balaban J connectivity index is 2.19. The summed E-state index contributed by atoms with van der Waals surface area (Å²) in [7, 11) is 0. The molecule has 1 aromatic heterocycles. The number of hydrogen-bond donors (Lipinski definition) is 3. The molecule has 6 heteroatoms. The van der Waals surface area contributed by atoms with Crippen LogP contribution in [0.4, 0.5) is 0 Å². The molecule has 0 fully saturated rings. The van der Waals surface area contributed by atoms with Gasteiger partial charge in [-0.05, 0) is 25.3 Å². The van der Waals surface area contributed by atoms with Gasteiger partial charge in [0, 0.05) is 32.5 Å². The third-order valence-corrected chi connectivity index (χ3v) is 2.52. The highest BCUT2D eigenvalue weighted by molar-refractivity contribution is 5.79. The van der Waals surface area contributed by atoms with Crippen LogP contribution in [-0.4, -0.2) is 42.5 Å². The third-order valence-electron chi connectivity index (χ3n) is 2.52. The molecule has 1 heterocycles. The van der Waals surface area contributed by atoms with Crippen molar-refractivity contribution in [2.45, 2.75) is 33.7 Å². The molecule has 6 nitrogen and oxygen atoms in total. The number of aliphatic imine (C=N–C) groups is 1. The number of nitrogens with zero attached hydrogens (tertiary/aromatic N) is 2.